The van der Waals surface area contributed by atoms with Gasteiger partial charge in [0.15, 0.2) is 0 Å². The highest BCUT2D eigenvalue weighted by atomic mass is 16.1. The summed E-state index contributed by atoms with van der Waals surface area (Å²) in [7, 11) is 0. The molecule has 0 aromatic carbocycles. The van der Waals surface area contributed by atoms with E-state index in [0.29, 0.717) is 11.5 Å². The van der Waals surface area contributed by atoms with E-state index in [1.54, 1.807) is 6.92 Å². The van der Waals surface area contributed by atoms with Crippen LogP contribution in [0.4, 0.5) is 0 Å². The number of nitrogens with one attached hydrogen (secondary N) is 1. The second-order valence-corrected chi connectivity index (χ2v) is 5.50. The Hall–Kier alpha value is -0.530. The van der Waals surface area contributed by atoms with Crippen molar-refractivity contribution in [3.8, 4) is 0 Å². The summed E-state index contributed by atoms with van der Waals surface area (Å²) in [5.41, 5.74) is 0.436. The minimum absolute atomic E-state index is 0.110. The van der Waals surface area contributed by atoms with Crippen molar-refractivity contribution in [3.63, 3.8) is 0 Å². The minimum Gasteiger partial charge on any atom is -0.354 e. The molecule has 1 saturated carbocycles. The lowest BCUT2D eigenvalue weighted by molar-refractivity contribution is -0.120. The standard InChI is InChI=1S/C11H21NO/c1-8(13)12-10-5-9(6-10)7-11(2,3)4/h9-10H,5-7H2,1-4H3,(H,12,13)/t9-,10-. The molecule has 1 N–H and O–H groups in total. The third-order valence-corrected chi connectivity index (χ3v) is 2.54. The van der Waals surface area contributed by atoms with Crippen molar-refractivity contribution in [2.75, 3.05) is 0 Å². The Morgan fingerprint density at radius 3 is 2.31 bits per heavy atom. The molecule has 1 amide bonds. The van der Waals surface area contributed by atoms with Gasteiger partial charge in [0.1, 0.15) is 0 Å². The Morgan fingerprint density at radius 2 is 1.92 bits per heavy atom. The van der Waals surface area contributed by atoms with Crippen LogP contribution in [-0.2, 0) is 4.79 Å². The van der Waals surface area contributed by atoms with Crippen LogP contribution in [-0.4, -0.2) is 11.9 Å². The minimum atomic E-state index is 0.110. The maximum absolute atomic E-state index is 10.7. The monoisotopic (exact) mass is 183 g/mol. The molecule has 0 aromatic heterocycles. The summed E-state index contributed by atoms with van der Waals surface area (Å²) in [6.45, 7) is 8.42. The predicted molar refractivity (Wildman–Crippen MR) is 54.4 cm³/mol. The van der Waals surface area contributed by atoms with E-state index in [1.807, 2.05) is 0 Å². The van der Waals surface area contributed by atoms with Crippen LogP contribution in [0.1, 0.15) is 47.0 Å². The first kappa shape index (κ1) is 10.6. The Kier molecular flexibility index (Phi) is 2.99. The molecule has 2 heteroatoms. The summed E-state index contributed by atoms with van der Waals surface area (Å²) < 4.78 is 0. The van der Waals surface area contributed by atoms with Gasteiger partial charge < -0.3 is 5.32 Å². The van der Waals surface area contributed by atoms with Crippen LogP contribution in [0.25, 0.3) is 0 Å². The molecule has 76 valence electrons. The van der Waals surface area contributed by atoms with Gasteiger partial charge in [-0.15, -0.1) is 0 Å². The second kappa shape index (κ2) is 3.69. The van der Waals surface area contributed by atoms with Gasteiger partial charge in [-0.05, 0) is 30.6 Å². The van der Waals surface area contributed by atoms with Crippen molar-refractivity contribution in [1.29, 1.82) is 0 Å². The number of carbonyl (C=O) groups is 1. The number of amides is 1. The SMILES string of the molecule is CC(=O)N[C@H]1C[C@H](CC(C)(C)C)C1. The van der Waals surface area contributed by atoms with Crippen molar-refractivity contribution in [2.24, 2.45) is 11.3 Å². The molecule has 2 nitrogen and oxygen atoms in total. The zero-order chi connectivity index (χ0) is 10.1. The number of rotatable bonds is 2. The van der Waals surface area contributed by atoms with Gasteiger partial charge in [0.2, 0.25) is 5.91 Å². The van der Waals surface area contributed by atoms with Crippen LogP contribution in [0.2, 0.25) is 0 Å². The third-order valence-electron chi connectivity index (χ3n) is 2.54. The first-order chi connectivity index (χ1) is 5.87. The van der Waals surface area contributed by atoms with Gasteiger partial charge in [-0.25, -0.2) is 0 Å². The number of carbonyl (C=O) groups excluding carboxylic acids is 1. The number of hydrogen-bond donors (Lipinski definition) is 1. The van der Waals surface area contributed by atoms with Gasteiger partial charge in [-0.2, -0.15) is 0 Å². The fourth-order valence-electron chi connectivity index (χ4n) is 2.17. The normalized spacial score (nSPS) is 28.0. The van der Waals surface area contributed by atoms with E-state index in [0.717, 1.165) is 5.92 Å². The van der Waals surface area contributed by atoms with Crippen LogP contribution >= 0.6 is 0 Å². The van der Waals surface area contributed by atoms with E-state index in [-0.39, 0.29) is 5.91 Å². The molecule has 1 fully saturated rings. The smallest absolute Gasteiger partial charge is 0.217 e. The molecular formula is C11H21NO. The van der Waals surface area contributed by atoms with Crippen LogP contribution < -0.4 is 5.32 Å². The second-order valence-electron chi connectivity index (χ2n) is 5.50. The van der Waals surface area contributed by atoms with E-state index in [2.05, 4.69) is 26.1 Å². The van der Waals surface area contributed by atoms with E-state index in [9.17, 15) is 4.79 Å². The van der Waals surface area contributed by atoms with Crippen LogP contribution in [0.3, 0.4) is 0 Å². The average molecular weight is 183 g/mol. The lowest BCUT2D eigenvalue weighted by Crippen LogP contribution is -2.44. The molecule has 1 aliphatic rings. The van der Waals surface area contributed by atoms with E-state index in [1.165, 1.54) is 19.3 Å². The summed E-state index contributed by atoms with van der Waals surface area (Å²) in [6.07, 6.45) is 3.64. The first-order valence-electron chi connectivity index (χ1n) is 5.14. The van der Waals surface area contributed by atoms with Crippen LogP contribution in [0.5, 0.6) is 0 Å². The quantitative estimate of drug-likeness (QED) is 0.699. The van der Waals surface area contributed by atoms with E-state index >= 15 is 0 Å². The summed E-state index contributed by atoms with van der Waals surface area (Å²) in [5, 5.41) is 2.96. The summed E-state index contributed by atoms with van der Waals surface area (Å²) >= 11 is 0. The Bertz CT molecular complexity index is 187. The van der Waals surface area contributed by atoms with Crippen molar-refractivity contribution in [1.82, 2.24) is 5.32 Å². The fourth-order valence-corrected chi connectivity index (χ4v) is 2.17. The Morgan fingerprint density at radius 1 is 1.38 bits per heavy atom. The van der Waals surface area contributed by atoms with Gasteiger partial charge in [0.05, 0.1) is 0 Å². The fraction of sp³-hybridized carbons (Fsp3) is 0.909. The highest BCUT2D eigenvalue weighted by molar-refractivity contribution is 5.73. The topological polar surface area (TPSA) is 29.1 Å². The van der Waals surface area contributed by atoms with Crippen molar-refractivity contribution < 1.29 is 4.79 Å². The molecule has 0 atom stereocenters. The lowest BCUT2D eigenvalue weighted by Gasteiger charge is -2.39. The largest absolute Gasteiger partial charge is 0.354 e. The van der Waals surface area contributed by atoms with Gasteiger partial charge in [0.25, 0.3) is 0 Å². The molecule has 1 aliphatic carbocycles. The highest BCUT2D eigenvalue weighted by Crippen LogP contribution is 2.37. The zero-order valence-electron chi connectivity index (χ0n) is 9.18. The first-order valence-corrected chi connectivity index (χ1v) is 5.14. The maximum Gasteiger partial charge on any atom is 0.217 e. The molecule has 0 bridgehead atoms. The number of hydrogen-bond acceptors (Lipinski definition) is 1. The lowest BCUT2D eigenvalue weighted by atomic mass is 9.71. The average Bonchev–Trinajstić information content (AvgIpc) is 1.78. The van der Waals surface area contributed by atoms with Gasteiger partial charge in [0, 0.05) is 13.0 Å². The highest BCUT2D eigenvalue weighted by Gasteiger charge is 2.32. The molecule has 0 spiro atoms. The van der Waals surface area contributed by atoms with Gasteiger partial charge in [-0.3, -0.25) is 4.79 Å². The molecular weight excluding hydrogens is 162 g/mol. The molecule has 13 heavy (non-hydrogen) atoms. The summed E-state index contributed by atoms with van der Waals surface area (Å²) in [4.78, 5) is 10.7. The molecule has 0 heterocycles. The predicted octanol–water partition coefficient (Wildman–Crippen LogP) is 2.34. The molecule has 0 aromatic rings. The molecule has 0 saturated heterocycles. The van der Waals surface area contributed by atoms with E-state index in [4.69, 9.17) is 0 Å². The molecule has 0 unspecified atom stereocenters. The molecule has 1 rings (SSSR count). The summed E-state index contributed by atoms with van der Waals surface area (Å²) in [6, 6.07) is 0.463. The Labute approximate surface area is 81.1 Å². The van der Waals surface area contributed by atoms with Crippen LogP contribution in [0.15, 0.2) is 0 Å². The van der Waals surface area contributed by atoms with Crippen molar-refractivity contribution >= 4 is 5.91 Å². The zero-order valence-corrected chi connectivity index (χ0v) is 9.18. The van der Waals surface area contributed by atoms with Crippen molar-refractivity contribution in [3.05, 3.63) is 0 Å². The van der Waals surface area contributed by atoms with Gasteiger partial charge in [-0.1, -0.05) is 20.8 Å². The van der Waals surface area contributed by atoms with Crippen LogP contribution in [0, 0.1) is 11.3 Å². The maximum atomic E-state index is 10.7. The van der Waals surface area contributed by atoms with Crippen molar-refractivity contribution in [2.45, 2.75) is 53.0 Å². The molecule has 0 aliphatic heterocycles. The summed E-state index contributed by atoms with van der Waals surface area (Å²) in [5.74, 6) is 0.941. The van der Waals surface area contributed by atoms with E-state index < -0.39 is 0 Å². The Balaban J connectivity index is 2.15. The third kappa shape index (κ3) is 3.79. The molecule has 0 radical (unpaired) electrons. The van der Waals surface area contributed by atoms with Gasteiger partial charge >= 0.3 is 0 Å².